The van der Waals surface area contributed by atoms with Gasteiger partial charge in [0.15, 0.2) is 0 Å². The fourth-order valence-electron chi connectivity index (χ4n) is 0.685. The maximum Gasteiger partial charge on any atom is 0.303 e. The molecule has 0 radical (unpaired) electrons. The van der Waals surface area contributed by atoms with Crippen LogP contribution in [0, 0.1) is 0 Å². The van der Waals surface area contributed by atoms with Crippen molar-refractivity contribution in [3.8, 4) is 0 Å². The Morgan fingerprint density at radius 3 is 1.79 bits per heavy atom. The van der Waals surface area contributed by atoms with Crippen LogP contribution in [0.15, 0.2) is 24.8 Å². The molecule has 4 nitrogen and oxygen atoms in total. The van der Waals surface area contributed by atoms with E-state index in [1.165, 1.54) is 13.3 Å². The Balaban J connectivity index is 0.000000249. The van der Waals surface area contributed by atoms with Crippen LogP contribution in [-0.2, 0) is 9.53 Å². The van der Waals surface area contributed by atoms with E-state index >= 15 is 0 Å². The highest BCUT2D eigenvalue weighted by Crippen LogP contribution is 2.05. The molecule has 1 aromatic rings. The van der Waals surface area contributed by atoms with Gasteiger partial charge in [-0.2, -0.15) is 0 Å². The van der Waals surface area contributed by atoms with E-state index < -0.39 is 0 Å². The minimum absolute atomic E-state index is 0.225. The number of ether oxygens (including phenoxy) is 1. The molecular weight excluding hydrogens is 180 g/mol. The zero-order chi connectivity index (χ0) is 11.0. The average molecular weight is 196 g/mol. The first-order valence-electron chi connectivity index (χ1n) is 4.31. The summed E-state index contributed by atoms with van der Waals surface area (Å²) in [6.45, 7) is 6.93. The molecule has 0 unspecified atom stereocenters. The van der Waals surface area contributed by atoms with Gasteiger partial charge < -0.3 is 4.74 Å². The first-order valence-corrected chi connectivity index (χ1v) is 4.31. The summed E-state index contributed by atoms with van der Waals surface area (Å²) in [4.78, 5) is 17.6. The minimum atomic E-state index is -0.328. The molecule has 1 aromatic heterocycles. The highest BCUT2D eigenvalue weighted by atomic mass is 16.6. The van der Waals surface area contributed by atoms with Crippen molar-refractivity contribution in [2.24, 2.45) is 0 Å². The van der Waals surface area contributed by atoms with Crippen LogP contribution in [0.1, 0.15) is 27.7 Å². The predicted molar refractivity (Wildman–Crippen MR) is 53.6 cm³/mol. The fraction of sp³-hybridized carbons (Fsp3) is 0.500. The molecular formula is C10H16N2O2. The largest absolute Gasteiger partial charge is 0.460 e. The van der Waals surface area contributed by atoms with E-state index in [0.29, 0.717) is 0 Å². The zero-order valence-electron chi connectivity index (χ0n) is 9.02. The normalized spacial score (nSPS) is 9.71. The number of carbonyl (C=O) groups excluding carboxylic acids is 1. The van der Waals surface area contributed by atoms with Gasteiger partial charge in [0.25, 0.3) is 0 Å². The summed E-state index contributed by atoms with van der Waals surface area (Å²) in [7, 11) is 0. The summed E-state index contributed by atoms with van der Waals surface area (Å²) in [5.74, 6) is -0.225. The summed E-state index contributed by atoms with van der Waals surface area (Å²) in [6.07, 6.45) is 4.88. The maximum atomic E-state index is 10.2. The lowest BCUT2D eigenvalue weighted by molar-refractivity contribution is -0.151. The van der Waals surface area contributed by atoms with Crippen LogP contribution in [0.3, 0.4) is 0 Å². The third-order valence-corrected chi connectivity index (χ3v) is 0.928. The number of hydrogen-bond acceptors (Lipinski definition) is 4. The van der Waals surface area contributed by atoms with Crippen molar-refractivity contribution in [1.82, 2.24) is 9.97 Å². The molecule has 0 N–H and O–H groups in total. The molecule has 0 fully saturated rings. The van der Waals surface area contributed by atoms with Gasteiger partial charge in [0.2, 0.25) is 0 Å². The molecule has 0 amide bonds. The minimum Gasteiger partial charge on any atom is -0.460 e. The van der Waals surface area contributed by atoms with Gasteiger partial charge in [0, 0.05) is 19.3 Å². The van der Waals surface area contributed by atoms with Gasteiger partial charge in [-0.3, -0.25) is 4.79 Å². The quantitative estimate of drug-likeness (QED) is 0.594. The van der Waals surface area contributed by atoms with Crippen molar-refractivity contribution in [1.29, 1.82) is 0 Å². The van der Waals surface area contributed by atoms with Gasteiger partial charge in [0.05, 0.1) is 0 Å². The van der Waals surface area contributed by atoms with E-state index in [-0.39, 0.29) is 11.6 Å². The van der Waals surface area contributed by atoms with Crippen LogP contribution in [-0.4, -0.2) is 21.5 Å². The molecule has 0 atom stereocenters. The lowest BCUT2D eigenvalue weighted by Gasteiger charge is -2.17. The molecule has 0 aromatic carbocycles. The van der Waals surface area contributed by atoms with Crippen molar-refractivity contribution in [3.05, 3.63) is 24.8 Å². The molecule has 0 saturated heterocycles. The molecule has 0 aliphatic carbocycles. The molecule has 0 aliphatic rings. The zero-order valence-corrected chi connectivity index (χ0v) is 9.02. The molecule has 1 rings (SSSR count). The van der Waals surface area contributed by atoms with Crippen molar-refractivity contribution in [2.45, 2.75) is 33.3 Å². The Labute approximate surface area is 84.3 Å². The molecule has 0 saturated carbocycles. The van der Waals surface area contributed by atoms with E-state index in [9.17, 15) is 4.79 Å². The van der Waals surface area contributed by atoms with E-state index in [1.54, 1.807) is 18.5 Å². The van der Waals surface area contributed by atoms with Crippen molar-refractivity contribution < 1.29 is 9.53 Å². The van der Waals surface area contributed by atoms with Crippen LogP contribution in [0.2, 0.25) is 0 Å². The van der Waals surface area contributed by atoms with Crippen molar-refractivity contribution >= 4 is 5.97 Å². The monoisotopic (exact) mass is 196 g/mol. The van der Waals surface area contributed by atoms with Crippen LogP contribution in [0.4, 0.5) is 0 Å². The number of hydrogen-bond donors (Lipinski definition) is 0. The fourth-order valence-corrected chi connectivity index (χ4v) is 0.685. The molecule has 14 heavy (non-hydrogen) atoms. The van der Waals surface area contributed by atoms with E-state index in [0.717, 1.165) is 0 Å². The summed E-state index contributed by atoms with van der Waals surface area (Å²) in [5.41, 5.74) is -0.328. The Bertz CT molecular complexity index is 228. The second kappa shape index (κ2) is 6.07. The van der Waals surface area contributed by atoms with E-state index in [2.05, 4.69) is 9.97 Å². The molecule has 0 bridgehead atoms. The average Bonchev–Trinajstić information content (AvgIpc) is 2.03. The standard InChI is InChI=1S/C6H12O2.C4H4N2/c1-5(7)8-6(2,3)4;1-2-5-4-6-3-1/h1-4H3;1-4H. The van der Waals surface area contributed by atoms with Gasteiger partial charge in [-0.25, -0.2) is 9.97 Å². The summed E-state index contributed by atoms with van der Waals surface area (Å²) in [6, 6.07) is 1.78. The second-order valence-electron chi connectivity index (χ2n) is 3.61. The van der Waals surface area contributed by atoms with Gasteiger partial charge in [-0.15, -0.1) is 0 Å². The van der Waals surface area contributed by atoms with E-state index in [4.69, 9.17) is 4.74 Å². The van der Waals surface area contributed by atoms with Gasteiger partial charge >= 0.3 is 5.97 Å². The topological polar surface area (TPSA) is 52.1 Å². The van der Waals surface area contributed by atoms with Crippen LogP contribution >= 0.6 is 0 Å². The first kappa shape index (κ1) is 12.6. The lowest BCUT2D eigenvalue weighted by Crippen LogP contribution is -2.21. The lowest BCUT2D eigenvalue weighted by atomic mass is 10.2. The first-order chi connectivity index (χ1) is 6.42. The number of esters is 1. The van der Waals surface area contributed by atoms with Crippen LogP contribution in [0.25, 0.3) is 0 Å². The molecule has 78 valence electrons. The van der Waals surface area contributed by atoms with Crippen LogP contribution < -0.4 is 0 Å². The molecule has 4 heteroatoms. The van der Waals surface area contributed by atoms with Gasteiger partial charge in [-0.1, -0.05) is 0 Å². The summed E-state index contributed by atoms with van der Waals surface area (Å²) >= 11 is 0. The highest BCUT2D eigenvalue weighted by Gasteiger charge is 2.11. The number of carbonyl (C=O) groups is 1. The van der Waals surface area contributed by atoms with Gasteiger partial charge in [-0.05, 0) is 26.8 Å². The summed E-state index contributed by atoms with van der Waals surface area (Å²) in [5, 5.41) is 0. The van der Waals surface area contributed by atoms with Crippen molar-refractivity contribution in [2.75, 3.05) is 0 Å². The Hall–Kier alpha value is -1.45. The number of aromatic nitrogens is 2. The Morgan fingerprint density at radius 1 is 1.21 bits per heavy atom. The SMILES string of the molecule is CC(=O)OC(C)(C)C.c1cncnc1. The summed E-state index contributed by atoms with van der Waals surface area (Å²) < 4.78 is 4.80. The van der Waals surface area contributed by atoms with Crippen molar-refractivity contribution in [3.63, 3.8) is 0 Å². The maximum absolute atomic E-state index is 10.2. The molecule has 0 aliphatic heterocycles. The highest BCUT2D eigenvalue weighted by molar-refractivity contribution is 5.66. The predicted octanol–water partition coefficient (Wildman–Crippen LogP) is 1.82. The van der Waals surface area contributed by atoms with Crippen LogP contribution in [0.5, 0.6) is 0 Å². The third kappa shape index (κ3) is 10.6. The van der Waals surface area contributed by atoms with E-state index in [1.807, 2.05) is 20.8 Å². The number of rotatable bonds is 0. The third-order valence-electron chi connectivity index (χ3n) is 0.928. The molecule has 0 spiro atoms. The Kier molecular flexibility index (Phi) is 5.44. The second-order valence-corrected chi connectivity index (χ2v) is 3.61. The smallest absolute Gasteiger partial charge is 0.303 e. The Morgan fingerprint density at radius 2 is 1.71 bits per heavy atom. The molecule has 1 heterocycles. The van der Waals surface area contributed by atoms with Gasteiger partial charge in [0.1, 0.15) is 11.9 Å². The number of nitrogens with zero attached hydrogens (tertiary/aromatic N) is 2.